The summed E-state index contributed by atoms with van der Waals surface area (Å²) in [6.45, 7) is 0.291. The highest BCUT2D eigenvalue weighted by Gasteiger charge is 2.47. The molecule has 0 aliphatic carbocycles. The molecule has 2 atom stereocenters. The molecule has 0 unspecified atom stereocenters. The Kier molecular flexibility index (Phi) is 5.46. The van der Waals surface area contributed by atoms with Crippen LogP contribution in [-0.2, 0) is 6.54 Å². The summed E-state index contributed by atoms with van der Waals surface area (Å²) in [5.74, 6) is 1.28. The van der Waals surface area contributed by atoms with Gasteiger partial charge in [-0.05, 0) is 35.4 Å². The van der Waals surface area contributed by atoms with Gasteiger partial charge >= 0.3 is 6.18 Å². The molecule has 178 valence electrons. The molecular weight excluding hydrogens is 453 g/mol. The molecule has 11 heteroatoms. The van der Waals surface area contributed by atoms with Crippen LogP contribution in [0.1, 0.15) is 40.0 Å². The number of nitrogens with one attached hydrogen (secondary N) is 2. The summed E-state index contributed by atoms with van der Waals surface area (Å²) in [5.41, 5.74) is 1.44. The van der Waals surface area contributed by atoms with Crippen molar-refractivity contribution in [2.75, 3.05) is 19.2 Å². The van der Waals surface area contributed by atoms with Crippen LogP contribution < -0.4 is 24.8 Å². The number of halogens is 3. The molecule has 1 aromatic heterocycles. The van der Waals surface area contributed by atoms with Crippen LogP contribution >= 0.6 is 0 Å². The molecule has 3 aromatic rings. The number of benzene rings is 2. The maximum Gasteiger partial charge on any atom is 0.410 e. The van der Waals surface area contributed by atoms with E-state index in [-0.39, 0.29) is 31.1 Å². The predicted octanol–water partition coefficient (Wildman–Crippen LogP) is 4.21. The first-order valence-corrected chi connectivity index (χ1v) is 10.5. The van der Waals surface area contributed by atoms with E-state index in [1.807, 2.05) is 0 Å². The molecule has 1 amide bonds. The first-order valence-electron chi connectivity index (χ1n) is 10.5. The quantitative estimate of drug-likeness (QED) is 0.576. The van der Waals surface area contributed by atoms with Gasteiger partial charge in [-0.1, -0.05) is 18.2 Å². The summed E-state index contributed by atoms with van der Waals surface area (Å²) in [7, 11) is 1.51. The highest BCUT2D eigenvalue weighted by Crippen LogP contribution is 2.44. The number of aromatic nitrogens is 2. The lowest BCUT2D eigenvalue weighted by Gasteiger charge is -2.34. The number of carbonyl (C=O) groups excluding carboxylic acids is 1. The fourth-order valence-corrected chi connectivity index (χ4v) is 4.11. The van der Waals surface area contributed by atoms with Crippen LogP contribution in [0.5, 0.6) is 17.2 Å². The number of methoxy groups -OCH3 is 1. The molecule has 3 heterocycles. The molecular formula is C23H21F3N4O4. The number of nitrogens with zero attached hydrogens (tertiary/aromatic N) is 2. The second-order valence-corrected chi connectivity index (χ2v) is 7.98. The highest BCUT2D eigenvalue weighted by atomic mass is 19.4. The zero-order valence-corrected chi connectivity index (χ0v) is 18.1. The normalized spacial score (nSPS) is 18.7. The van der Waals surface area contributed by atoms with Crippen LogP contribution in [-0.4, -0.2) is 35.8 Å². The summed E-state index contributed by atoms with van der Waals surface area (Å²) in [6, 6.07) is 9.50. The summed E-state index contributed by atoms with van der Waals surface area (Å²) in [4.78, 5) is 12.9. The van der Waals surface area contributed by atoms with Crippen LogP contribution in [0.3, 0.4) is 0 Å². The standard InChI is InChI=1S/C23H21F3N4O4/c1-32-15-5-3-14(4-6-15)17-9-20(23(24,25)26)30-21(29-17)16(11-28-30)22(31)27-10-13-2-7-18-19(8-13)34-12-33-18/h2-8,11,17,20,29H,9-10,12H2,1H3,(H,27,31)/t17-,20+/m1/s1. The van der Waals surface area contributed by atoms with Gasteiger partial charge in [-0.3, -0.25) is 4.79 Å². The van der Waals surface area contributed by atoms with E-state index in [1.165, 1.54) is 7.11 Å². The number of alkyl halides is 3. The van der Waals surface area contributed by atoms with E-state index in [9.17, 15) is 18.0 Å². The van der Waals surface area contributed by atoms with Crippen molar-refractivity contribution in [3.63, 3.8) is 0 Å². The molecule has 0 saturated carbocycles. The van der Waals surface area contributed by atoms with Crippen molar-refractivity contribution in [3.05, 3.63) is 65.4 Å². The number of amides is 1. The van der Waals surface area contributed by atoms with Gasteiger partial charge in [0.15, 0.2) is 17.5 Å². The van der Waals surface area contributed by atoms with E-state index < -0.39 is 24.2 Å². The molecule has 34 heavy (non-hydrogen) atoms. The van der Waals surface area contributed by atoms with Crippen LogP contribution in [0, 0.1) is 0 Å². The highest BCUT2D eigenvalue weighted by molar-refractivity contribution is 5.98. The number of ether oxygens (including phenoxy) is 3. The first-order chi connectivity index (χ1) is 16.3. The van der Waals surface area contributed by atoms with E-state index >= 15 is 0 Å². The Balaban J connectivity index is 1.38. The summed E-state index contributed by atoms with van der Waals surface area (Å²) >= 11 is 0. The van der Waals surface area contributed by atoms with Crippen LogP contribution in [0.2, 0.25) is 0 Å². The Morgan fingerprint density at radius 2 is 1.97 bits per heavy atom. The minimum absolute atomic E-state index is 0.0255. The van der Waals surface area contributed by atoms with Crippen molar-refractivity contribution >= 4 is 11.7 Å². The smallest absolute Gasteiger partial charge is 0.410 e. The van der Waals surface area contributed by atoms with Gasteiger partial charge in [0.1, 0.15) is 17.1 Å². The average molecular weight is 474 g/mol. The molecule has 5 rings (SSSR count). The van der Waals surface area contributed by atoms with E-state index in [2.05, 4.69) is 15.7 Å². The lowest BCUT2D eigenvalue weighted by atomic mass is 9.96. The zero-order chi connectivity index (χ0) is 23.9. The Morgan fingerprint density at radius 1 is 1.21 bits per heavy atom. The molecule has 2 aliphatic rings. The second kappa shape index (κ2) is 8.47. The van der Waals surface area contributed by atoms with Gasteiger partial charge in [0.2, 0.25) is 6.79 Å². The molecule has 2 N–H and O–H groups in total. The largest absolute Gasteiger partial charge is 0.497 e. The third kappa shape index (κ3) is 4.09. The van der Waals surface area contributed by atoms with Gasteiger partial charge in [-0.15, -0.1) is 0 Å². The molecule has 0 fully saturated rings. The number of fused-ring (bicyclic) bond motifs is 2. The van der Waals surface area contributed by atoms with E-state index in [1.54, 1.807) is 42.5 Å². The van der Waals surface area contributed by atoms with Crippen molar-refractivity contribution in [1.29, 1.82) is 0 Å². The zero-order valence-electron chi connectivity index (χ0n) is 18.1. The number of carbonyl (C=O) groups is 1. The number of rotatable bonds is 5. The number of hydrogen-bond acceptors (Lipinski definition) is 6. The lowest BCUT2D eigenvalue weighted by Crippen LogP contribution is -2.36. The fourth-order valence-electron chi connectivity index (χ4n) is 4.11. The molecule has 0 radical (unpaired) electrons. The van der Waals surface area contributed by atoms with E-state index in [0.29, 0.717) is 22.8 Å². The van der Waals surface area contributed by atoms with Gasteiger partial charge in [0.05, 0.1) is 19.3 Å². The first kappa shape index (κ1) is 21.9. The van der Waals surface area contributed by atoms with E-state index in [4.69, 9.17) is 14.2 Å². The molecule has 0 spiro atoms. The van der Waals surface area contributed by atoms with Gasteiger partial charge in [0, 0.05) is 13.0 Å². The second-order valence-electron chi connectivity index (χ2n) is 7.98. The Labute approximate surface area is 192 Å². The SMILES string of the molecule is COc1ccc([C@H]2C[C@@H](C(F)(F)F)n3ncc(C(=O)NCc4ccc5c(c4)OCO5)c3N2)cc1. The molecule has 2 aliphatic heterocycles. The lowest BCUT2D eigenvalue weighted by molar-refractivity contribution is -0.173. The minimum atomic E-state index is -4.53. The molecule has 0 bridgehead atoms. The Hall–Kier alpha value is -3.89. The topological polar surface area (TPSA) is 86.6 Å². The Morgan fingerprint density at radius 3 is 2.71 bits per heavy atom. The molecule has 2 aromatic carbocycles. The van der Waals surface area contributed by atoms with Crippen LogP contribution in [0.15, 0.2) is 48.7 Å². The summed E-state index contributed by atoms with van der Waals surface area (Å²) in [6.07, 6.45) is -3.64. The van der Waals surface area contributed by atoms with Crippen molar-refractivity contribution in [2.24, 2.45) is 0 Å². The van der Waals surface area contributed by atoms with Crippen molar-refractivity contribution in [3.8, 4) is 17.2 Å². The average Bonchev–Trinajstić information content (AvgIpc) is 3.48. The van der Waals surface area contributed by atoms with E-state index in [0.717, 1.165) is 16.4 Å². The van der Waals surface area contributed by atoms with Crippen molar-refractivity contribution < 1.29 is 32.2 Å². The summed E-state index contributed by atoms with van der Waals surface area (Å²) in [5, 5.41) is 9.72. The molecule has 8 nitrogen and oxygen atoms in total. The minimum Gasteiger partial charge on any atom is -0.497 e. The van der Waals surface area contributed by atoms with Crippen molar-refractivity contribution in [1.82, 2.24) is 15.1 Å². The summed E-state index contributed by atoms with van der Waals surface area (Å²) < 4.78 is 58.2. The van der Waals surface area contributed by atoms with Gasteiger partial charge in [-0.25, -0.2) is 4.68 Å². The van der Waals surface area contributed by atoms with Gasteiger partial charge < -0.3 is 24.8 Å². The Bertz CT molecular complexity index is 1210. The number of hydrogen-bond donors (Lipinski definition) is 2. The third-order valence-electron chi connectivity index (χ3n) is 5.89. The van der Waals surface area contributed by atoms with Crippen LogP contribution in [0.25, 0.3) is 0 Å². The molecule has 0 saturated heterocycles. The van der Waals surface area contributed by atoms with Gasteiger partial charge in [0.25, 0.3) is 5.91 Å². The monoisotopic (exact) mass is 474 g/mol. The van der Waals surface area contributed by atoms with Gasteiger partial charge in [-0.2, -0.15) is 18.3 Å². The number of anilines is 1. The third-order valence-corrected chi connectivity index (χ3v) is 5.89. The maximum absolute atomic E-state index is 13.9. The van der Waals surface area contributed by atoms with Crippen molar-refractivity contribution in [2.45, 2.75) is 31.2 Å². The fraction of sp³-hybridized carbons (Fsp3) is 0.304. The maximum atomic E-state index is 13.9. The predicted molar refractivity (Wildman–Crippen MR) is 115 cm³/mol. The van der Waals surface area contributed by atoms with Crippen LogP contribution in [0.4, 0.5) is 19.0 Å².